The number of amides is 1. The largest absolute Gasteiger partial charge is 0.375 e. The van der Waals surface area contributed by atoms with E-state index >= 15 is 0 Å². The van der Waals surface area contributed by atoms with Crippen LogP contribution in [-0.4, -0.2) is 37.1 Å². The molecule has 1 rings (SSSR count). The van der Waals surface area contributed by atoms with Crippen molar-refractivity contribution in [2.75, 3.05) is 20.3 Å². The van der Waals surface area contributed by atoms with E-state index in [1.165, 1.54) is 25.7 Å². The number of ether oxygens (including phenoxy) is 1. The molecule has 16 heavy (non-hydrogen) atoms. The van der Waals surface area contributed by atoms with Crippen molar-refractivity contribution in [3.8, 4) is 0 Å². The molecule has 94 valence electrons. The molecular formula is C13H25NO2. The summed E-state index contributed by atoms with van der Waals surface area (Å²) in [6, 6.07) is 0.474. The molecule has 0 aromatic heterocycles. The van der Waals surface area contributed by atoms with Crippen molar-refractivity contribution in [3.63, 3.8) is 0 Å². The summed E-state index contributed by atoms with van der Waals surface area (Å²) in [6.07, 6.45) is 5.97. The molecule has 0 N–H and O–H groups in total. The van der Waals surface area contributed by atoms with E-state index in [2.05, 4.69) is 18.7 Å². The predicted octanol–water partition coefficient (Wildman–Crippen LogP) is 2.45. The summed E-state index contributed by atoms with van der Waals surface area (Å²) >= 11 is 0. The first-order valence-corrected chi connectivity index (χ1v) is 6.43. The van der Waals surface area contributed by atoms with Gasteiger partial charge in [0.25, 0.3) is 0 Å². The summed E-state index contributed by atoms with van der Waals surface area (Å²) < 4.78 is 4.96. The standard InChI is InChI=1S/C13H25NO2/c1-11(2)8-9-14(13(15)10-16-3)12-6-4-5-7-12/h11-12H,4-10H2,1-3H3. The minimum absolute atomic E-state index is 0.162. The lowest BCUT2D eigenvalue weighted by molar-refractivity contribution is -0.137. The lowest BCUT2D eigenvalue weighted by atomic mass is 10.1. The molecule has 0 heterocycles. The van der Waals surface area contributed by atoms with E-state index in [1.54, 1.807) is 7.11 Å². The molecule has 0 saturated heterocycles. The fourth-order valence-corrected chi connectivity index (χ4v) is 2.33. The van der Waals surface area contributed by atoms with Gasteiger partial charge >= 0.3 is 0 Å². The van der Waals surface area contributed by atoms with Gasteiger partial charge in [-0.05, 0) is 25.2 Å². The molecule has 0 radical (unpaired) electrons. The second kappa shape index (κ2) is 6.89. The van der Waals surface area contributed by atoms with Gasteiger partial charge in [0.15, 0.2) is 0 Å². The zero-order valence-corrected chi connectivity index (χ0v) is 10.9. The van der Waals surface area contributed by atoms with E-state index in [0.717, 1.165) is 13.0 Å². The number of nitrogens with zero attached hydrogens (tertiary/aromatic N) is 1. The minimum atomic E-state index is 0.162. The Hall–Kier alpha value is -0.570. The van der Waals surface area contributed by atoms with Crippen molar-refractivity contribution in [1.82, 2.24) is 4.90 Å². The molecule has 0 aromatic rings. The summed E-state index contributed by atoms with van der Waals surface area (Å²) in [4.78, 5) is 14.0. The minimum Gasteiger partial charge on any atom is -0.375 e. The van der Waals surface area contributed by atoms with Crippen LogP contribution >= 0.6 is 0 Å². The van der Waals surface area contributed by atoms with Gasteiger partial charge < -0.3 is 9.64 Å². The first kappa shape index (κ1) is 13.5. The van der Waals surface area contributed by atoms with Gasteiger partial charge in [0, 0.05) is 19.7 Å². The number of hydrogen-bond acceptors (Lipinski definition) is 2. The van der Waals surface area contributed by atoms with Crippen molar-refractivity contribution in [1.29, 1.82) is 0 Å². The number of carbonyl (C=O) groups excluding carboxylic acids is 1. The molecule has 1 fully saturated rings. The summed E-state index contributed by atoms with van der Waals surface area (Å²) in [5.41, 5.74) is 0. The summed E-state index contributed by atoms with van der Waals surface area (Å²) in [6.45, 7) is 5.53. The lowest BCUT2D eigenvalue weighted by Crippen LogP contribution is -2.41. The summed E-state index contributed by atoms with van der Waals surface area (Å²) in [5.74, 6) is 0.814. The normalized spacial score (nSPS) is 17.0. The van der Waals surface area contributed by atoms with Crippen LogP contribution < -0.4 is 0 Å². The van der Waals surface area contributed by atoms with Crippen LogP contribution in [0.2, 0.25) is 0 Å². The second-order valence-electron chi connectivity index (χ2n) is 5.14. The zero-order chi connectivity index (χ0) is 12.0. The maximum atomic E-state index is 11.9. The molecule has 0 unspecified atom stereocenters. The Balaban J connectivity index is 2.49. The summed E-state index contributed by atoms with van der Waals surface area (Å²) in [5, 5.41) is 0. The molecule has 1 saturated carbocycles. The highest BCUT2D eigenvalue weighted by Crippen LogP contribution is 2.24. The topological polar surface area (TPSA) is 29.5 Å². The van der Waals surface area contributed by atoms with Crippen LogP contribution in [0.15, 0.2) is 0 Å². The lowest BCUT2D eigenvalue weighted by Gasteiger charge is -2.29. The number of hydrogen-bond donors (Lipinski definition) is 0. The molecule has 3 nitrogen and oxygen atoms in total. The molecule has 0 spiro atoms. The smallest absolute Gasteiger partial charge is 0.248 e. The molecule has 0 aromatic carbocycles. The Morgan fingerprint density at radius 2 is 2.00 bits per heavy atom. The molecule has 1 amide bonds. The molecule has 1 aliphatic carbocycles. The summed E-state index contributed by atoms with van der Waals surface area (Å²) in [7, 11) is 1.59. The average molecular weight is 227 g/mol. The highest BCUT2D eigenvalue weighted by atomic mass is 16.5. The Labute approximate surface area is 99.1 Å². The quantitative estimate of drug-likeness (QED) is 0.697. The SMILES string of the molecule is COCC(=O)N(CCC(C)C)C1CCCC1. The zero-order valence-electron chi connectivity index (χ0n) is 10.9. The Morgan fingerprint density at radius 3 is 2.50 bits per heavy atom. The third-order valence-electron chi connectivity index (χ3n) is 3.30. The molecule has 1 aliphatic rings. The van der Waals surface area contributed by atoms with Gasteiger partial charge in [0.05, 0.1) is 0 Å². The first-order valence-electron chi connectivity index (χ1n) is 6.43. The van der Waals surface area contributed by atoms with Crippen molar-refractivity contribution in [2.45, 2.75) is 52.0 Å². The molecule has 0 aliphatic heterocycles. The molecule has 0 atom stereocenters. The molecular weight excluding hydrogens is 202 g/mol. The van der Waals surface area contributed by atoms with Crippen molar-refractivity contribution >= 4 is 5.91 Å². The molecule has 0 bridgehead atoms. The number of carbonyl (C=O) groups is 1. The average Bonchev–Trinajstić information content (AvgIpc) is 2.71. The van der Waals surface area contributed by atoms with Crippen LogP contribution in [0.3, 0.4) is 0 Å². The van der Waals surface area contributed by atoms with E-state index in [9.17, 15) is 4.79 Å². The van der Waals surface area contributed by atoms with Crippen molar-refractivity contribution in [2.24, 2.45) is 5.92 Å². The van der Waals surface area contributed by atoms with E-state index < -0.39 is 0 Å². The highest BCUT2D eigenvalue weighted by Gasteiger charge is 2.26. The Morgan fingerprint density at radius 1 is 1.38 bits per heavy atom. The van der Waals surface area contributed by atoms with Gasteiger partial charge in [0.2, 0.25) is 5.91 Å². The molecule has 3 heteroatoms. The Bertz CT molecular complexity index is 210. The van der Waals surface area contributed by atoms with Crippen LogP contribution in [0.25, 0.3) is 0 Å². The van der Waals surface area contributed by atoms with Gasteiger partial charge in [-0.3, -0.25) is 4.79 Å². The van der Waals surface area contributed by atoms with Gasteiger partial charge in [-0.25, -0.2) is 0 Å². The van der Waals surface area contributed by atoms with Crippen LogP contribution in [0.4, 0.5) is 0 Å². The third kappa shape index (κ3) is 4.12. The van der Waals surface area contributed by atoms with Crippen LogP contribution in [-0.2, 0) is 9.53 Å². The fraction of sp³-hybridized carbons (Fsp3) is 0.923. The van der Waals surface area contributed by atoms with Gasteiger partial charge in [0.1, 0.15) is 6.61 Å². The van der Waals surface area contributed by atoms with E-state index in [4.69, 9.17) is 4.74 Å². The fourth-order valence-electron chi connectivity index (χ4n) is 2.33. The van der Waals surface area contributed by atoms with Crippen LogP contribution in [0.5, 0.6) is 0 Å². The second-order valence-corrected chi connectivity index (χ2v) is 5.14. The van der Waals surface area contributed by atoms with E-state index in [0.29, 0.717) is 12.0 Å². The maximum absolute atomic E-state index is 11.9. The van der Waals surface area contributed by atoms with Crippen LogP contribution in [0.1, 0.15) is 46.0 Å². The van der Waals surface area contributed by atoms with Crippen molar-refractivity contribution in [3.05, 3.63) is 0 Å². The van der Waals surface area contributed by atoms with Crippen LogP contribution in [0, 0.1) is 5.92 Å². The highest BCUT2D eigenvalue weighted by molar-refractivity contribution is 5.77. The third-order valence-corrected chi connectivity index (χ3v) is 3.30. The monoisotopic (exact) mass is 227 g/mol. The van der Waals surface area contributed by atoms with E-state index in [1.807, 2.05) is 0 Å². The predicted molar refractivity (Wildman–Crippen MR) is 65.3 cm³/mol. The first-order chi connectivity index (χ1) is 7.65. The maximum Gasteiger partial charge on any atom is 0.248 e. The van der Waals surface area contributed by atoms with Gasteiger partial charge in [-0.15, -0.1) is 0 Å². The van der Waals surface area contributed by atoms with Gasteiger partial charge in [-0.1, -0.05) is 26.7 Å². The van der Waals surface area contributed by atoms with E-state index in [-0.39, 0.29) is 12.5 Å². The van der Waals surface area contributed by atoms with Gasteiger partial charge in [-0.2, -0.15) is 0 Å². The Kier molecular flexibility index (Phi) is 5.81. The number of methoxy groups -OCH3 is 1. The number of rotatable bonds is 6. The van der Waals surface area contributed by atoms with Crippen molar-refractivity contribution < 1.29 is 9.53 Å².